The van der Waals surface area contributed by atoms with Crippen molar-refractivity contribution in [2.75, 3.05) is 0 Å². The fourth-order valence-corrected chi connectivity index (χ4v) is 6.42. The summed E-state index contributed by atoms with van der Waals surface area (Å²) >= 11 is 0. The maximum absolute atomic E-state index is 4.11. The van der Waals surface area contributed by atoms with E-state index >= 15 is 0 Å². The first kappa shape index (κ1) is 71.1. The molecule has 0 spiro atoms. The molecule has 72 heavy (non-hydrogen) atoms. The van der Waals surface area contributed by atoms with Crippen LogP contribution in [0.5, 0.6) is 0 Å². The van der Waals surface area contributed by atoms with Gasteiger partial charge in [0.05, 0.1) is 22.8 Å². The van der Waals surface area contributed by atoms with E-state index in [2.05, 4.69) is 290 Å². The molecule has 0 saturated carbocycles. The Kier molecular flexibility index (Phi) is 33.4. The quantitative estimate of drug-likeness (QED) is 0.142. The summed E-state index contributed by atoms with van der Waals surface area (Å²) in [5, 5.41) is 0. The maximum atomic E-state index is 4.11. The van der Waals surface area contributed by atoms with E-state index in [1.54, 1.807) is 24.8 Å². The summed E-state index contributed by atoms with van der Waals surface area (Å²) < 4.78 is 0. The van der Waals surface area contributed by atoms with E-state index in [-0.39, 0.29) is 83.5 Å². The van der Waals surface area contributed by atoms with Crippen LogP contribution in [0.3, 0.4) is 0 Å². The van der Waals surface area contributed by atoms with E-state index < -0.39 is 0 Å². The number of hydrogen-bond donors (Lipinski definition) is 0. The van der Waals surface area contributed by atoms with Crippen molar-refractivity contribution >= 4 is 0 Å². The molecule has 0 aliphatic carbocycles. The summed E-state index contributed by atoms with van der Waals surface area (Å²) in [6.07, 6.45) is 6.97. The predicted octanol–water partition coefficient (Wildman–Crippen LogP) is 18.4. The predicted molar refractivity (Wildman–Crippen MR) is 307 cm³/mol. The first-order chi connectivity index (χ1) is 32.2. The minimum absolute atomic E-state index is 0. The SMILES string of the molecule is CC(C)(C)[c-]1cccc1.CC(C)(C)[c-]1cccc1.CC(C)(C)[c-]1cccc1.CC(C)(C)[c-]1cccc1.CC(C)(C)[c-]1cccc1.CC(C)(C)c1cc[cH-]c1.Cc1cncc(C)n1.Cc1cncc(C)n1.[Ce+3].[Ce+3]. The molecule has 0 aliphatic heterocycles. The van der Waals surface area contributed by atoms with Crippen molar-refractivity contribution in [1.29, 1.82) is 0 Å². The van der Waals surface area contributed by atoms with Crippen LogP contribution in [0.15, 0.2) is 170 Å². The summed E-state index contributed by atoms with van der Waals surface area (Å²) in [5.74, 6) is 0. The monoisotopic (exact) mass is 1220 g/mol. The molecule has 0 unspecified atom stereocenters. The molecule has 4 nitrogen and oxygen atoms in total. The van der Waals surface area contributed by atoms with E-state index in [4.69, 9.17) is 0 Å². The molecule has 8 rings (SSSR count). The zero-order chi connectivity index (χ0) is 53.4. The molecular weight excluding hydrogens is 1130 g/mol. The first-order valence-corrected chi connectivity index (χ1v) is 25.0. The molecule has 0 N–H and O–H groups in total. The Bertz CT molecular complexity index is 2000. The van der Waals surface area contributed by atoms with Crippen molar-refractivity contribution in [3.63, 3.8) is 0 Å². The van der Waals surface area contributed by atoms with E-state index in [0.717, 1.165) is 22.8 Å². The normalized spacial score (nSPS) is 11.0. The molecule has 2 heterocycles. The van der Waals surface area contributed by atoms with Crippen LogP contribution in [0.25, 0.3) is 0 Å². The van der Waals surface area contributed by atoms with Crippen LogP contribution in [-0.2, 0) is 32.5 Å². The van der Waals surface area contributed by atoms with Gasteiger partial charge < -0.3 is 0 Å². The fraction of sp³-hybridized carbons (Fsp3) is 0.424. The van der Waals surface area contributed by atoms with Crippen molar-refractivity contribution < 1.29 is 83.5 Å². The molecule has 6 heteroatoms. The van der Waals surface area contributed by atoms with Crippen LogP contribution < -0.4 is 0 Å². The van der Waals surface area contributed by atoms with Gasteiger partial charge in [-0.1, -0.05) is 157 Å². The number of aromatic nitrogens is 4. The van der Waals surface area contributed by atoms with Gasteiger partial charge >= 0.3 is 83.5 Å². The second-order valence-electron chi connectivity index (χ2n) is 24.1. The van der Waals surface area contributed by atoms with Crippen molar-refractivity contribution in [3.05, 3.63) is 227 Å². The van der Waals surface area contributed by atoms with Gasteiger partial charge in [-0.25, -0.2) is 66.7 Å². The zero-order valence-electron chi connectivity index (χ0n) is 49.0. The summed E-state index contributed by atoms with van der Waals surface area (Å²) in [5.41, 5.74) is 14.4. The Morgan fingerprint density at radius 1 is 0.333 bits per heavy atom. The summed E-state index contributed by atoms with van der Waals surface area (Å²) in [4.78, 5) is 16.1. The van der Waals surface area contributed by atoms with Gasteiger partial charge in [0.15, 0.2) is 0 Å². The maximum Gasteiger partial charge on any atom is 3.00 e. The van der Waals surface area contributed by atoms with Gasteiger partial charge in [0.2, 0.25) is 0 Å². The van der Waals surface area contributed by atoms with Gasteiger partial charge in [0, 0.05) is 24.8 Å². The van der Waals surface area contributed by atoms with Crippen molar-refractivity contribution in [2.45, 2.75) is 185 Å². The van der Waals surface area contributed by atoms with Crippen molar-refractivity contribution in [1.82, 2.24) is 19.9 Å². The zero-order valence-corrected chi connectivity index (χ0v) is 55.2. The molecule has 0 bridgehead atoms. The average Bonchev–Trinajstić information content (AvgIpc) is 4.10. The molecule has 6 aromatic carbocycles. The van der Waals surface area contributed by atoms with E-state index in [9.17, 15) is 0 Å². The van der Waals surface area contributed by atoms with Gasteiger partial charge in [0.1, 0.15) is 0 Å². The van der Waals surface area contributed by atoms with Gasteiger partial charge in [-0.3, -0.25) is 19.9 Å². The Hall–Kier alpha value is -2.99. The van der Waals surface area contributed by atoms with Crippen LogP contribution in [-0.4, -0.2) is 19.9 Å². The second kappa shape index (κ2) is 33.8. The molecule has 0 atom stereocenters. The Balaban J connectivity index is 0. The van der Waals surface area contributed by atoms with Crippen molar-refractivity contribution in [3.8, 4) is 0 Å². The molecule has 0 saturated heterocycles. The van der Waals surface area contributed by atoms with Gasteiger partial charge in [-0.15, -0.1) is 0 Å². The molecule has 0 fully saturated rings. The largest absolute Gasteiger partial charge is 3.00 e. The third-order valence-corrected chi connectivity index (χ3v) is 10.9. The average molecular weight is 1220 g/mol. The summed E-state index contributed by atoms with van der Waals surface area (Å²) in [6, 6.07) is 51.0. The third kappa shape index (κ3) is 32.3. The van der Waals surface area contributed by atoms with Crippen molar-refractivity contribution in [2.24, 2.45) is 0 Å². The minimum atomic E-state index is 0. The van der Waals surface area contributed by atoms with Crippen LogP contribution in [0.1, 0.15) is 181 Å². The second-order valence-corrected chi connectivity index (χ2v) is 24.1. The number of aryl methyl sites for hydroxylation is 4. The summed E-state index contributed by atoms with van der Waals surface area (Å²) in [6.45, 7) is 47.8. The smallest absolute Gasteiger partial charge is 0.261 e. The number of nitrogens with zero attached hydrogens (tertiary/aromatic N) is 4. The standard InChI is InChI=1S/6C9H13.2C6H8N2.2Ce/c6*1-9(2,3)8-6-4-5-7-8;2*1-5-3-7-4-6(2)8-5;;/h6*4-7H,1-3H3;2*3-4H,1-2H3;;/q6*-1;;;2*+3. The number of hydrogen-bond acceptors (Lipinski definition) is 4. The fourth-order valence-electron chi connectivity index (χ4n) is 6.42. The number of rotatable bonds is 0. The molecule has 0 aliphatic rings. The van der Waals surface area contributed by atoms with Crippen LogP contribution >= 0.6 is 0 Å². The minimum Gasteiger partial charge on any atom is -0.261 e. The molecule has 2 radical (unpaired) electrons. The summed E-state index contributed by atoms with van der Waals surface area (Å²) in [7, 11) is 0. The van der Waals surface area contributed by atoms with Gasteiger partial charge in [-0.05, 0) is 27.7 Å². The molecule has 386 valence electrons. The molecular formula is C66H94Ce2N4. The van der Waals surface area contributed by atoms with Gasteiger partial charge in [-0.2, -0.15) is 112 Å². The molecule has 8 aromatic rings. The van der Waals surface area contributed by atoms with E-state index in [1.165, 1.54) is 33.4 Å². The van der Waals surface area contributed by atoms with Crippen LogP contribution in [0.4, 0.5) is 0 Å². The van der Waals surface area contributed by atoms with E-state index in [0.29, 0.717) is 32.5 Å². The topological polar surface area (TPSA) is 51.6 Å². The Morgan fingerprint density at radius 3 is 0.611 bits per heavy atom. The van der Waals surface area contributed by atoms with Crippen LogP contribution in [0.2, 0.25) is 0 Å². The molecule has 0 amide bonds. The Morgan fingerprint density at radius 2 is 0.528 bits per heavy atom. The van der Waals surface area contributed by atoms with E-state index in [1.807, 2.05) is 27.7 Å². The molecule has 2 aromatic heterocycles. The van der Waals surface area contributed by atoms with Gasteiger partial charge in [0.25, 0.3) is 0 Å². The first-order valence-electron chi connectivity index (χ1n) is 25.0. The Labute approximate surface area is 509 Å². The van der Waals surface area contributed by atoms with Crippen LogP contribution in [0, 0.1) is 111 Å². The third-order valence-electron chi connectivity index (χ3n) is 10.9.